The molecule has 1 aromatic carbocycles. The van der Waals surface area contributed by atoms with E-state index >= 15 is 0 Å². The van der Waals surface area contributed by atoms with Crippen LogP contribution in [0.15, 0.2) is 12.1 Å². The molecule has 0 unspecified atom stereocenters. The van der Waals surface area contributed by atoms with E-state index in [9.17, 15) is 27.6 Å². The third-order valence-electron chi connectivity index (χ3n) is 5.25. The normalized spacial score (nSPS) is 18.5. The summed E-state index contributed by atoms with van der Waals surface area (Å²) in [5.74, 6) is -2.87. The monoisotopic (exact) mass is 457 g/mol. The van der Waals surface area contributed by atoms with Gasteiger partial charge in [-0.2, -0.15) is 13.2 Å². The number of halogens is 3. The number of nitrogens with one attached hydrogen (secondary N) is 1. The Morgan fingerprint density at radius 3 is 2.34 bits per heavy atom. The number of alkyl halides is 3. The van der Waals surface area contributed by atoms with Gasteiger partial charge in [0.15, 0.2) is 0 Å². The van der Waals surface area contributed by atoms with Gasteiger partial charge in [0.1, 0.15) is 5.75 Å². The summed E-state index contributed by atoms with van der Waals surface area (Å²) < 4.78 is 49.3. The lowest BCUT2D eigenvalue weighted by Crippen LogP contribution is -2.49. The maximum atomic E-state index is 13.0. The number of imide groups is 1. The van der Waals surface area contributed by atoms with Crippen LogP contribution < -0.4 is 15.0 Å². The molecule has 2 aliphatic rings. The summed E-state index contributed by atoms with van der Waals surface area (Å²) in [7, 11) is 0. The second kappa shape index (κ2) is 9.07. The molecule has 0 atom stereocenters. The van der Waals surface area contributed by atoms with E-state index in [2.05, 4.69) is 5.32 Å². The molecule has 0 bridgehead atoms. The van der Waals surface area contributed by atoms with Gasteiger partial charge < -0.3 is 9.47 Å². The first-order chi connectivity index (χ1) is 14.9. The Bertz CT molecular complexity index is 905. The number of hydrogen-bond acceptors (Lipinski definition) is 6. The van der Waals surface area contributed by atoms with Crippen LogP contribution >= 0.6 is 0 Å². The van der Waals surface area contributed by atoms with E-state index in [0.29, 0.717) is 43.1 Å². The molecule has 11 heteroatoms. The lowest BCUT2D eigenvalue weighted by molar-refractivity contribution is -0.189. The summed E-state index contributed by atoms with van der Waals surface area (Å²) in [6.45, 7) is 7.71. The third-order valence-corrected chi connectivity index (χ3v) is 5.25. The Balaban J connectivity index is 2.10. The van der Waals surface area contributed by atoms with Crippen molar-refractivity contribution in [2.75, 3.05) is 37.7 Å². The summed E-state index contributed by atoms with van der Waals surface area (Å²) in [6.07, 6.45) is -5.06. The molecule has 0 aliphatic carbocycles. The minimum absolute atomic E-state index is 0.0974. The second-order valence-electron chi connectivity index (χ2n) is 8.76. The first-order valence-corrected chi connectivity index (χ1v) is 10.2. The summed E-state index contributed by atoms with van der Waals surface area (Å²) in [5.41, 5.74) is 0.395. The standard InChI is InChI=1S/C21H26F3N3O5/c1-20(2,3)15-11-14(27-5-4-16(28)25-19(27)30)10-13(12-26-6-8-31-9-7-26)17(15)32-18(29)21(22,23)24/h10-11H,4-9,12H2,1-3H3,(H,25,28,30). The highest BCUT2D eigenvalue weighted by atomic mass is 19.4. The summed E-state index contributed by atoms with van der Waals surface area (Å²) >= 11 is 0. The largest absolute Gasteiger partial charge is 0.491 e. The molecule has 0 aromatic heterocycles. The van der Waals surface area contributed by atoms with Gasteiger partial charge in [0.2, 0.25) is 5.91 Å². The predicted octanol–water partition coefficient (Wildman–Crippen LogP) is 2.73. The fraction of sp³-hybridized carbons (Fsp3) is 0.571. The van der Waals surface area contributed by atoms with E-state index in [4.69, 9.17) is 9.47 Å². The van der Waals surface area contributed by atoms with Crippen LogP contribution in [0.25, 0.3) is 0 Å². The van der Waals surface area contributed by atoms with Crippen molar-refractivity contribution in [2.24, 2.45) is 0 Å². The molecule has 3 amide bonds. The Kier molecular flexibility index (Phi) is 6.80. The number of hydrogen-bond donors (Lipinski definition) is 1. The van der Waals surface area contributed by atoms with Gasteiger partial charge in [-0.15, -0.1) is 0 Å². The zero-order valence-electron chi connectivity index (χ0n) is 18.2. The highest BCUT2D eigenvalue weighted by Crippen LogP contribution is 2.40. The molecule has 1 aromatic rings. The summed E-state index contributed by atoms with van der Waals surface area (Å²) in [5, 5.41) is 2.24. The molecule has 3 rings (SSSR count). The van der Waals surface area contributed by atoms with E-state index < -0.39 is 29.5 Å². The Labute approximate surface area is 183 Å². The van der Waals surface area contributed by atoms with Gasteiger partial charge in [0.25, 0.3) is 0 Å². The molecule has 0 saturated carbocycles. The van der Waals surface area contributed by atoms with Crippen LogP contribution in [0.1, 0.15) is 38.3 Å². The smallest absolute Gasteiger partial charge is 0.419 e. The molecule has 2 saturated heterocycles. The van der Waals surface area contributed by atoms with E-state index in [1.54, 1.807) is 26.8 Å². The molecule has 2 aliphatic heterocycles. The number of carbonyl (C=O) groups is 3. The Morgan fingerprint density at radius 2 is 1.78 bits per heavy atom. The number of nitrogens with zero attached hydrogens (tertiary/aromatic N) is 2. The number of carbonyl (C=O) groups excluding carboxylic acids is 3. The molecule has 8 nitrogen and oxygen atoms in total. The number of morpholine rings is 1. The van der Waals surface area contributed by atoms with Gasteiger partial charge in [-0.3, -0.25) is 19.9 Å². The van der Waals surface area contributed by atoms with Gasteiger partial charge in [0.05, 0.1) is 13.2 Å². The van der Waals surface area contributed by atoms with Crippen molar-refractivity contribution in [3.05, 3.63) is 23.3 Å². The van der Waals surface area contributed by atoms with E-state index in [-0.39, 0.29) is 25.3 Å². The van der Waals surface area contributed by atoms with Crippen molar-refractivity contribution in [1.29, 1.82) is 0 Å². The van der Waals surface area contributed by atoms with Gasteiger partial charge in [-0.05, 0) is 17.5 Å². The SMILES string of the molecule is CC(C)(C)c1cc(N2CCC(=O)NC2=O)cc(CN2CCOCC2)c1OC(=O)C(F)(F)F. The maximum Gasteiger partial charge on any atom is 0.491 e. The molecule has 32 heavy (non-hydrogen) atoms. The Morgan fingerprint density at radius 1 is 1.12 bits per heavy atom. The lowest BCUT2D eigenvalue weighted by atomic mass is 9.84. The van der Waals surface area contributed by atoms with Crippen molar-refractivity contribution < 1.29 is 37.0 Å². The van der Waals surface area contributed by atoms with Crippen molar-refractivity contribution in [3.8, 4) is 5.75 Å². The third kappa shape index (κ3) is 5.57. The van der Waals surface area contributed by atoms with Crippen molar-refractivity contribution in [3.63, 3.8) is 0 Å². The Hall–Kier alpha value is -2.66. The average molecular weight is 457 g/mol. The van der Waals surface area contributed by atoms with Gasteiger partial charge in [0, 0.05) is 49.4 Å². The second-order valence-corrected chi connectivity index (χ2v) is 8.76. The minimum atomic E-state index is -5.16. The number of ether oxygens (including phenoxy) is 2. The van der Waals surface area contributed by atoms with Crippen LogP contribution in [0.3, 0.4) is 0 Å². The van der Waals surface area contributed by atoms with Gasteiger partial charge in [-0.25, -0.2) is 9.59 Å². The molecule has 0 spiro atoms. The highest BCUT2D eigenvalue weighted by molar-refractivity contribution is 6.05. The number of urea groups is 1. The predicted molar refractivity (Wildman–Crippen MR) is 108 cm³/mol. The first kappa shape index (κ1) is 24.0. The zero-order chi connectivity index (χ0) is 23.7. The number of anilines is 1. The van der Waals surface area contributed by atoms with E-state index in [1.807, 2.05) is 4.90 Å². The van der Waals surface area contributed by atoms with Crippen molar-refractivity contribution in [1.82, 2.24) is 10.2 Å². The number of amides is 3. The van der Waals surface area contributed by atoms with E-state index in [0.717, 1.165) is 0 Å². The van der Waals surface area contributed by atoms with Crippen LogP contribution in [-0.2, 0) is 26.3 Å². The zero-order valence-corrected chi connectivity index (χ0v) is 18.2. The van der Waals surface area contributed by atoms with Crippen LogP contribution in [0.5, 0.6) is 5.75 Å². The molecule has 2 heterocycles. The quantitative estimate of drug-likeness (QED) is 0.553. The fourth-order valence-electron chi connectivity index (χ4n) is 3.58. The summed E-state index contributed by atoms with van der Waals surface area (Å²) in [4.78, 5) is 39.0. The topological polar surface area (TPSA) is 88.2 Å². The minimum Gasteiger partial charge on any atom is -0.419 e. The summed E-state index contributed by atoms with van der Waals surface area (Å²) in [6, 6.07) is 2.47. The number of rotatable bonds is 4. The van der Waals surface area contributed by atoms with E-state index in [1.165, 1.54) is 11.0 Å². The van der Waals surface area contributed by atoms with Crippen molar-refractivity contribution in [2.45, 2.75) is 45.3 Å². The molecular weight excluding hydrogens is 431 g/mol. The lowest BCUT2D eigenvalue weighted by Gasteiger charge is -2.32. The van der Waals surface area contributed by atoms with Gasteiger partial charge >= 0.3 is 18.2 Å². The van der Waals surface area contributed by atoms with Crippen LogP contribution in [0, 0.1) is 0 Å². The molecular formula is C21H26F3N3O5. The highest BCUT2D eigenvalue weighted by Gasteiger charge is 2.43. The van der Waals surface area contributed by atoms with Gasteiger partial charge in [-0.1, -0.05) is 20.8 Å². The molecule has 1 N–H and O–H groups in total. The number of benzene rings is 1. The van der Waals surface area contributed by atoms with Crippen LogP contribution in [0.4, 0.5) is 23.7 Å². The molecule has 0 radical (unpaired) electrons. The number of esters is 1. The molecule has 2 fully saturated rings. The van der Waals surface area contributed by atoms with Crippen molar-refractivity contribution >= 4 is 23.6 Å². The first-order valence-electron chi connectivity index (χ1n) is 10.2. The maximum absolute atomic E-state index is 13.0. The van der Waals surface area contributed by atoms with Crippen LogP contribution in [-0.4, -0.2) is 61.8 Å². The molecule has 176 valence electrons. The fourth-order valence-corrected chi connectivity index (χ4v) is 3.58. The average Bonchev–Trinajstić information content (AvgIpc) is 2.68. The van der Waals surface area contributed by atoms with Crippen LogP contribution in [0.2, 0.25) is 0 Å².